The van der Waals surface area contributed by atoms with Crippen molar-refractivity contribution in [3.05, 3.63) is 0 Å². The minimum absolute atomic E-state index is 0.0223. The molecule has 0 aromatic carbocycles. The number of ether oxygens (including phenoxy) is 1. The first kappa shape index (κ1) is 14.9. The van der Waals surface area contributed by atoms with Gasteiger partial charge in [0.1, 0.15) is 0 Å². The van der Waals surface area contributed by atoms with E-state index in [1.165, 1.54) is 14.0 Å². The van der Waals surface area contributed by atoms with Gasteiger partial charge in [0.2, 0.25) is 10.0 Å². The van der Waals surface area contributed by atoms with Crippen molar-refractivity contribution in [1.82, 2.24) is 4.31 Å². The second-order valence-electron chi connectivity index (χ2n) is 4.38. The van der Waals surface area contributed by atoms with Crippen LogP contribution >= 0.6 is 0 Å². The topological polar surface area (TPSA) is 101 Å². The number of hydrogen-bond donors (Lipinski definition) is 1. The first-order valence-corrected chi connectivity index (χ1v) is 7.17. The number of hydrogen-bond acceptors (Lipinski definition) is 5. The van der Waals surface area contributed by atoms with Gasteiger partial charge in [0.05, 0.1) is 24.7 Å². The van der Waals surface area contributed by atoms with Gasteiger partial charge < -0.3 is 9.84 Å². The predicted octanol–water partition coefficient (Wildman–Crippen LogP) is -0.468. The average Bonchev–Trinajstić information content (AvgIpc) is 2.77. The molecule has 1 heterocycles. The van der Waals surface area contributed by atoms with E-state index in [1.54, 1.807) is 0 Å². The molecule has 1 rings (SSSR count). The Bertz CT molecular complexity index is 432. The molecule has 0 saturated carbocycles. The van der Waals surface area contributed by atoms with Crippen LogP contribution in [0.25, 0.3) is 0 Å². The molecule has 1 fully saturated rings. The number of rotatable bonds is 5. The molecule has 0 radical (unpaired) electrons. The molecular formula is C10H17NO6S. The number of carbonyl (C=O) groups is 2. The maximum absolute atomic E-state index is 12.0. The summed E-state index contributed by atoms with van der Waals surface area (Å²) in [5.74, 6) is -3.36. The molecule has 2 unspecified atom stereocenters. The van der Waals surface area contributed by atoms with Crippen LogP contribution in [0, 0.1) is 11.8 Å². The summed E-state index contributed by atoms with van der Waals surface area (Å²) in [4.78, 5) is 21.9. The molecule has 2 atom stereocenters. The van der Waals surface area contributed by atoms with Gasteiger partial charge in [-0.05, 0) is 6.42 Å². The van der Waals surface area contributed by atoms with Crippen LogP contribution in [0.3, 0.4) is 0 Å². The van der Waals surface area contributed by atoms with E-state index in [-0.39, 0.29) is 18.8 Å². The third kappa shape index (κ3) is 3.42. The molecule has 0 aromatic heterocycles. The fourth-order valence-electron chi connectivity index (χ4n) is 1.87. The van der Waals surface area contributed by atoms with Crippen LogP contribution in [0.2, 0.25) is 0 Å². The molecule has 0 aliphatic carbocycles. The van der Waals surface area contributed by atoms with Crippen LogP contribution in [0.4, 0.5) is 0 Å². The van der Waals surface area contributed by atoms with Crippen LogP contribution in [0.5, 0.6) is 0 Å². The molecular weight excluding hydrogens is 262 g/mol. The number of nitrogens with zero attached hydrogens (tertiary/aromatic N) is 1. The standard InChI is InChI=1S/C10H17NO6S/c1-7(10(14)17-2)6-18(15,16)11-4-3-8(5-11)9(12)13/h7-8H,3-6H2,1-2H3,(H,12,13). The van der Waals surface area contributed by atoms with E-state index in [4.69, 9.17) is 5.11 Å². The van der Waals surface area contributed by atoms with E-state index >= 15 is 0 Å². The Balaban J connectivity index is 2.66. The molecule has 0 bridgehead atoms. The Morgan fingerprint density at radius 2 is 2.11 bits per heavy atom. The Morgan fingerprint density at radius 3 is 2.56 bits per heavy atom. The first-order valence-electron chi connectivity index (χ1n) is 5.56. The largest absolute Gasteiger partial charge is 0.481 e. The highest BCUT2D eigenvalue weighted by molar-refractivity contribution is 7.89. The summed E-state index contributed by atoms with van der Waals surface area (Å²) in [5, 5.41) is 8.81. The van der Waals surface area contributed by atoms with Gasteiger partial charge in [-0.3, -0.25) is 9.59 Å². The minimum atomic E-state index is -3.61. The lowest BCUT2D eigenvalue weighted by molar-refractivity contribution is -0.144. The Hall–Kier alpha value is -1.15. The van der Waals surface area contributed by atoms with Gasteiger partial charge >= 0.3 is 11.9 Å². The number of carbonyl (C=O) groups excluding carboxylic acids is 1. The highest BCUT2D eigenvalue weighted by Crippen LogP contribution is 2.21. The number of carboxylic acid groups (broad SMARTS) is 1. The molecule has 1 N–H and O–H groups in total. The van der Waals surface area contributed by atoms with Gasteiger partial charge in [-0.25, -0.2) is 12.7 Å². The van der Waals surface area contributed by atoms with Gasteiger partial charge in [-0.15, -0.1) is 0 Å². The van der Waals surface area contributed by atoms with E-state index in [9.17, 15) is 18.0 Å². The number of carboxylic acids is 1. The zero-order valence-corrected chi connectivity index (χ0v) is 11.1. The molecule has 1 saturated heterocycles. The highest BCUT2D eigenvalue weighted by Gasteiger charge is 2.36. The van der Waals surface area contributed by atoms with Crippen molar-refractivity contribution in [3.63, 3.8) is 0 Å². The van der Waals surface area contributed by atoms with Crippen molar-refractivity contribution in [3.8, 4) is 0 Å². The smallest absolute Gasteiger partial charge is 0.309 e. The van der Waals surface area contributed by atoms with Crippen LogP contribution in [-0.4, -0.2) is 55.7 Å². The molecule has 104 valence electrons. The second kappa shape index (κ2) is 5.66. The monoisotopic (exact) mass is 279 g/mol. The van der Waals surface area contributed by atoms with Crippen molar-refractivity contribution in [2.75, 3.05) is 26.0 Å². The van der Waals surface area contributed by atoms with Crippen molar-refractivity contribution < 1.29 is 27.9 Å². The molecule has 8 heteroatoms. The van der Waals surface area contributed by atoms with Crippen molar-refractivity contribution in [1.29, 1.82) is 0 Å². The zero-order valence-electron chi connectivity index (χ0n) is 10.3. The van der Waals surface area contributed by atoms with E-state index in [1.807, 2.05) is 0 Å². The summed E-state index contributed by atoms with van der Waals surface area (Å²) in [7, 11) is -2.42. The Kier molecular flexibility index (Phi) is 4.69. The first-order chi connectivity index (χ1) is 8.27. The third-order valence-electron chi connectivity index (χ3n) is 2.96. The van der Waals surface area contributed by atoms with Crippen molar-refractivity contribution >= 4 is 22.0 Å². The van der Waals surface area contributed by atoms with Gasteiger partial charge in [0.25, 0.3) is 0 Å². The van der Waals surface area contributed by atoms with Gasteiger partial charge in [0, 0.05) is 13.1 Å². The summed E-state index contributed by atoms with van der Waals surface area (Å²) in [5.41, 5.74) is 0. The number of methoxy groups -OCH3 is 1. The van der Waals surface area contributed by atoms with Crippen molar-refractivity contribution in [2.24, 2.45) is 11.8 Å². The SMILES string of the molecule is COC(=O)C(C)CS(=O)(=O)N1CCC(C(=O)O)C1. The van der Waals surface area contributed by atoms with E-state index in [0.717, 1.165) is 4.31 Å². The highest BCUT2D eigenvalue weighted by atomic mass is 32.2. The number of aliphatic carboxylic acids is 1. The van der Waals surface area contributed by atoms with Crippen LogP contribution in [0.1, 0.15) is 13.3 Å². The molecule has 0 aromatic rings. The van der Waals surface area contributed by atoms with Gasteiger partial charge in [-0.2, -0.15) is 0 Å². The van der Waals surface area contributed by atoms with Crippen LogP contribution < -0.4 is 0 Å². The fraction of sp³-hybridized carbons (Fsp3) is 0.800. The summed E-state index contributed by atoms with van der Waals surface area (Å²) >= 11 is 0. The predicted molar refractivity (Wildman–Crippen MR) is 62.3 cm³/mol. The lowest BCUT2D eigenvalue weighted by Crippen LogP contribution is -2.35. The van der Waals surface area contributed by atoms with E-state index < -0.39 is 33.8 Å². The summed E-state index contributed by atoms with van der Waals surface area (Å²) in [6.07, 6.45) is 0.307. The molecule has 7 nitrogen and oxygen atoms in total. The van der Waals surface area contributed by atoms with Gasteiger partial charge in [-0.1, -0.05) is 6.92 Å². The molecule has 1 aliphatic heterocycles. The Labute approximate surface area is 106 Å². The second-order valence-corrected chi connectivity index (χ2v) is 6.40. The molecule has 18 heavy (non-hydrogen) atoms. The van der Waals surface area contributed by atoms with E-state index in [0.29, 0.717) is 6.42 Å². The quantitative estimate of drug-likeness (QED) is 0.683. The number of sulfonamides is 1. The summed E-state index contributed by atoms with van der Waals surface area (Å²) in [6.45, 7) is 1.63. The zero-order chi connectivity index (χ0) is 13.9. The molecule has 1 aliphatic rings. The third-order valence-corrected chi connectivity index (χ3v) is 5.00. The van der Waals surface area contributed by atoms with E-state index in [2.05, 4.69) is 4.74 Å². The minimum Gasteiger partial charge on any atom is -0.481 e. The van der Waals surface area contributed by atoms with Gasteiger partial charge in [0.15, 0.2) is 0 Å². The summed E-state index contributed by atoms with van der Waals surface area (Å²) in [6, 6.07) is 0. The van der Waals surface area contributed by atoms with Crippen molar-refractivity contribution in [2.45, 2.75) is 13.3 Å². The maximum Gasteiger partial charge on any atom is 0.309 e. The Morgan fingerprint density at radius 1 is 1.50 bits per heavy atom. The maximum atomic E-state index is 12.0. The van der Waals surface area contributed by atoms with Crippen LogP contribution in [0.15, 0.2) is 0 Å². The average molecular weight is 279 g/mol. The van der Waals surface area contributed by atoms with Crippen LogP contribution in [-0.2, 0) is 24.3 Å². The molecule has 0 amide bonds. The lowest BCUT2D eigenvalue weighted by Gasteiger charge is -2.18. The normalized spacial score (nSPS) is 22.7. The molecule has 0 spiro atoms. The number of esters is 1. The summed E-state index contributed by atoms with van der Waals surface area (Å²) < 4.78 is 29.5. The lowest BCUT2D eigenvalue weighted by atomic mass is 10.1. The fourth-order valence-corrected chi connectivity index (χ4v) is 3.64.